The summed E-state index contributed by atoms with van der Waals surface area (Å²) in [6, 6.07) is 0. The molecule has 0 aliphatic rings. The third-order valence-electron chi connectivity index (χ3n) is 2.02. The second-order valence-electron chi connectivity index (χ2n) is 3.69. The van der Waals surface area contributed by atoms with Crippen molar-refractivity contribution in [1.29, 1.82) is 0 Å². The molecule has 0 bridgehead atoms. The van der Waals surface area contributed by atoms with E-state index in [2.05, 4.69) is 15.4 Å². The minimum absolute atomic E-state index is 0.190. The van der Waals surface area contributed by atoms with E-state index >= 15 is 0 Å². The predicted molar refractivity (Wildman–Crippen MR) is 61.7 cm³/mol. The minimum atomic E-state index is -2.88. The second-order valence-corrected chi connectivity index (χ2v) is 5.95. The number of nitrogens with zero attached hydrogens (tertiary/aromatic N) is 3. The summed E-state index contributed by atoms with van der Waals surface area (Å²) in [5.41, 5.74) is 0. The van der Waals surface area contributed by atoms with Crippen LogP contribution in [0.1, 0.15) is 19.2 Å². The Bertz CT molecular complexity index is 413. The zero-order chi connectivity index (χ0) is 12.0. The first kappa shape index (κ1) is 13.1. The van der Waals surface area contributed by atoms with Gasteiger partial charge >= 0.3 is 0 Å². The van der Waals surface area contributed by atoms with Crippen LogP contribution in [-0.4, -0.2) is 41.7 Å². The summed E-state index contributed by atoms with van der Waals surface area (Å²) in [7, 11) is -2.88. The van der Waals surface area contributed by atoms with Gasteiger partial charge in [0.25, 0.3) is 0 Å². The first-order chi connectivity index (χ1) is 7.51. The molecular formula is C9H18N4O2S. The van der Waals surface area contributed by atoms with E-state index in [1.165, 1.54) is 6.26 Å². The highest BCUT2D eigenvalue weighted by Crippen LogP contribution is 1.95. The number of sulfone groups is 1. The van der Waals surface area contributed by atoms with Gasteiger partial charge in [-0.05, 0) is 13.0 Å². The summed E-state index contributed by atoms with van der Waals surface area (Å²) in [5.74, 6) is 0.927. The van der Waals surface area contributed by atoms with Crippen molar-refractivity contribution in [2.75, 3.05) is 18.6 Å². The van der Waals surface area contributed by atoms with Crippen LogP contribution in [0.25, 0.3) is 0 Å². The van der Waals surface area contributed by atoms with E-state index in [1.807, 2.05) is 6.92 Å². The smallest absolute Gasteiger partial charge is 0.164 e. The Balaban J connectivity index is 2.35. The molecule has 1 rings (SSSR count). The maximum atomic E-state index is 10.9. The molecule has 1 N–H and O–H groups in total. The van der Waals surface area contributed by atoms with Crippen LogP contribution in [0.4, 0.5) is 0 Å². The number of hydrogen-bond acceptors (Lipinski definition) is 5. The highest BCUT2D eigenvalue weighted by atomic mass is 32.2. The number of aryl methyl sites for hydroxylation is 1. The van der Waals surface area contributed by atoms with Gasteiger partial charge in [-0.25, -0.2) is 13.4 Å². The van der Waals surface area contributed by atoms with Crippen LogP contribution >= 0.6 is 0 Å². The Morgan fingerprint density at radius 2 is 2.25 bits per heavy atom. The van der Waals surface area contributed by atoms with E-state index in [0.29, 0.717) is 19.5 Å². The van der Waals surface area contributed by atoms with Gasteiger partial charge in [0.05, 0.1) is 12.3 Å². The lowest BCUT2D eigenvalue weighted by atomic mass is 10.5. The molecule has 6 nitrogen and oxygen atoms in total. The van der Waals surface area contributed by atoms with Crippen molar-refractivity contribution < 1.29 is 8.42 Å². The molecule has 0 saturated heterocycles. The molecule has 0 fully saturated rings. The van der Waals surface area contributed by atoms with Gasteiger partial charge in [-0.3, -0.25) is 4.68 Å². The normalized spacial score (nSPS) is 11.9. The molecule has 1 aromatic rings. The molecule has 0 aliphatic heterocycles. The molecule has 92 valence electrons. The van der Waals surface area contributed by atoms with Crippen molar-refractivity contribution >= 4 is 9.84 Å². The van der Waals surface area contributed by atoms with E-state index in [4.69, 9.17) is 0 Å². The van der Waals surface area contributed by atoms with Gasteiger partial charge < -0.3 is 5.32 Å². The fraction of sp³-hybridized carbons (Fsp3) is 0.778. The predicted octanol–water partition coefficient (Wildman–Crippen LogP) is -0.178. The molecule has 0 unspecified atom stereocenters. The average Bonchev–Trinajstić information content (AvgIpc) is 2.61. The Kier molecular flexibility index (Phi) is 4.88. The van der Waals surface area contributed by atoms with Crippen LogP contribution in [0.5, 0.6) is 0 Å². The van der Waals surface area contributed by atoms with Crippen LogP contribution in [0, 0.1) is 0 Å². The van der Waals surface area contributed by atoms with Crippen LogP contribution < -0.4 is 5.32 Å². The van der Waals surface area contributed by atoms with Crippen LogP contribution in [-0.2, 0) is 22.9 Å². The van der Waals surface area contributed by atoms with Gasteiger partial charge in [0, 0.05) is 12.8 Å². The SMILES string of the molecule is CCNCc1ncn(CCCS(C)(=O)=O)n1. The summed E-state index contributed by atoms with van der Waals surface area (Å²) in [5, 5.41) is 7.34. The zero-order valence-corrected chi connectivity index (χ0v) is 10.5. The molecule has 1 heterocycles. The van der Waals surface area contributed by atoms with E-state index in [9.17, 15) is 8.42 Å². The number of nitrogens with one attached hydrogen (secondary N) is 1. The number of rotatable bonds is 7. The maximum absolute atomic E-state index is 10.9. The Labute approximate surface area is 96.0 Å². The summed E-state index contributed by atoms with van der Waals surface area (Å²) in [6.07, 6.45) is 3.45. The largest absolute Gasteiger partial charge is 0.310 e. The maximum Gasteiger partial charge on any atom is 0.164 e. The number of hydrogen-bond donors (Lipinski definition) is 1. The Morgan fingerprint density at radius 1 is 1.50 bits per heavy atom. The highest BCUT2D eigenvalue weighted by Gasteiger charge is 2.03. The van der Waals surface area contributed by atoms with Crippen molar-refractivity contribution in [2.45, 2.75) is 26.4 Å². The van der Waals surface area contributed by atoms with Gasteiger partial charge in [-0.1, -0.05) is 6.92 Å². The van der Waals surface area contributed by atoms with E-state index in [1.54, 1.807) is 11.0 Å². The molecule has 0 atom stereocenters. The highest BCUT2D eigenvalue weighted by molar-refractivity contribution is 7.90. The van der Waals surface area contributed by atoms with Gasteiger partial charge in [-0.15, -0.1) is 0 Å². The number of aromatic nitrogens is 3. The Hall–Kier alpha value is -0.950. The van der Waals surface area contributed by atoms with Crippen molar-refractivity contribution in [3.05, 3.63) is 12.2 Å². The average molecular weight is 246 g/mol. The third kappa shape index (κ3) is 5.22. The van der Waals surface area contributed by atoms with Crippen LogP contribution in [0.3, 0.4) is 0 Å². The van der Waals surface area contributed by atoms with Gasteiger partial charge in [0.15, 0.2) is 5.82 Å². The van der Waals surface area contributed by atoms with Crippen molar-refractivity contribution in [1.82, 2.24) is 20.1 Å². The molecule has 0 radical (unpaired) electrons. The van der Waals surface area contributed by atoms with Crippen molar-refractivity contribution in [3.8, 4) is 0 Å². The monoisotopic (exact) mass is 246 g/mol. The molecular weight excluding hydrogens is 228 g/mol. The van der Waals surface area contributed by atoms with Crippen molar-refractivity contribution in [2.24, 2.45) is 0 Å². The third-order valence-corrected chi connectivity index (χ3v) is 3.05. The molecule has 1 aromatic heterocycles. The lowest BCUT2D eigenvalue weighted by Gasteiger charge is -1.99. The standard InChI is InChI=1S/C9H18N4O2S/c1-3-10-7-9-11-8-13(12-9)5-4-6-16(2,14)15/h8,10H,3-7H2,1-2H3. The van der Waals surface area contributed by atoms with Gasteiger partial charge in [0.1, 0.15) is 16.2 Å². The summed E-state index contributed by atoms with van der Waals surface area (Å²) < 4.78 is 23.5. The molecule has 7 heteroatoms. The van der Waals surface area contributed by atoms with Crippen molar-refractivity contribution in [3.63, 3.8) is 0 Å². The molecule has 0 spiro atoms. The molecule has 0 amide bonds. The Morgan fingerprint density at radius 3 is 2.88 bits per heavy atom. The lowest BCUT2D eigenvalue weighted by Crippen LogP contribution is -2.13. The minimum Gasteiger partial charge on any atom is -0.310 e. The second kappa shape index (κ2) is 5.95. The zero-order valence-electron chi connectivity index (χ0n) is 9.68. The summed E-state index contributed by atoms with van der Waals surface area (Å²) >= 11 is 0. The van der Waals surface area contributed by atoms with Crippen LogP contribution in [0.2, 0.25) is 0 Å². The molecule has 0 aliphatic carbocycles. The fourth-order valence-corrected chi connectivity index (χ4v) is 1.90. The van der Waals surface area contributed by atoms with Crippen LogP contribution in [0.15, 0.2) is 6.33 Å². The topological polar surface area (TPSA) is 76.9 Å². The van der Waals surface area contributed by atoms with Gasteiger partial charge in [0.2, 0.25) is 0 Å². The van der Waals surface area contributed by atoms with Gasteiger partial charge in [-0.2, -0.15) is 5.10 Å². The molecule has 0 aromatic carbocycles. The first-order valence-electron chi connectivity index (χ1n) is 5.28. The quantitative estimate of drug-likeness (QED) is 0.722. The summed E-state index contributed by atoms with van der Waals surface area (Å²) in [6.45, 7) is 4.13. The molecule has 0 saturated carbocycles. The first-order valence-corrected chi connectivity index (χ1v) is 7.34. The molecule has 16 heavy (non-hydrogen) atoms. The van der Waals surface area contributed by atoms with E-state index in [0.717, 1.165) is 12.4 Å². The summed E-state index contributed by atoms with van der Waals surface area (Å²) in [4.78, 5) is 4.11. The van der Waals surface area contributed by atoms with E-state index < -0.39 is 9.84 Å². The van der Waals surface area contributed by atoms with E-state index in [-0.39, 0.29) is 5.75 Å². The fourth-order valence-electron chi connectivity index (χ4n) is 1.25. The lowest BCUT2D eigenvalue weighted by molar-refractivity contribution is 0.569.